The van der Waals surface area contributed by atoms with Crippen LogP contribution >= 0.6 is 0 Å². The van der Waals surface area contributed by atoms with Crippen LogP contribution in [0.2, 0.25) is 0 Å². The third-order valence-corrected chi connectivity index (χ3v) is 10.9. The predicted molar refractivity (Wildman–Crippen MR) is 191 cm³/mol. The van der Waals surface area contributed by atoms with E-state index in [0.717, 1.165) is 4.90 Å². The Kier molecular flexibility index (Phi) is 7.27. The van der Waals surface area contributed by atoms with Crippen molar-refractivity contribution in [2.24, 2.45) is 11.8 Å². The Bertz CT molecular complexity index is 2160. The summed E-state index contributed by atoms with van der Waals surface area (Å²) >= 11 is 0. The highest BCUT2D eigenvalue weighted by Crippen LogP contribution is 2.74. The highest BCUT2D eigenvalue weighted by Gasteiger charge is 2.82. The Morgan fingerprint density at radius 1 is 0.627 bits per heavy atom. The monoisotopic (exact) mass is 676 g/mol. The van der Waals surface area contributed by atoms with Crippen molar-refractivity contribution < 1.29 is 28.8 Å². The van der Waals surface area contributed by atoms with Gasteiger partial charge < -0.3 is 9.47 Å². The van der Waals surface area contributed by atoms with Crippen molar-refractivity contribution in [3.05, 3.63) is 165 Å². The van der Waals surface area contributed by atoms with E-state index in [2.05, 4.69) is 0 Å². The number of nitro groups is 1. The van der Waals surface area contributed by atoms with Crippen LogP contribution in [0.4, 0.5) is 11.4 Å². The minimum absolute atomic E-state index is 0.129. The molecule has 2 fully saturated rings. The van der Waals surface area contributed by atoms with Crippen LogP contribution in [-0.2, 0) is 25.2 Å². The van der Waals surface area contributed by atoms with Crippen molar-refractivity contribution in [1.82, 2.24) is 0 Å². The lowest BCUT2D eigenvalue weighted by Crippen LogP contribution is -2.45. The Morgan fingerprint density at radius 2 is 1.06 bits per heavy atom. The van der Waals surface area contributed by atoms with Crippen LogP contribution in [0.5, 0.6) is 11.5 Å². The lowest BCUT2D eigenvalue weighted by molar-refractivity contribution is -0.384. The van der Waals surface area contributed by atoms with Gasteiger partial charge in [0.2, 0.25) is 11.8 Å². The van der Waals surface area contributed by atoms with Gasteiger partial charge in [-0.2, -0.15) is 0 Å². The summed E-state index contributed by atoms with van der Waals surface area (Å²) in [7, 11) is 3.15. The Morgan fingerprint density at radius 3 is 1.45 bits per heavy atom. The largest absolute Gasteiger partial charge is 0.497 e. The standard InChI is InChI=1S/C42H32N2O7/c1-25-14-19-30(44(48)49)24-33(25)43-38(45)36-37(39(43)46)42(29-12-8-5-9-13-29)35(27-17-22-32(51-3)23-18-27)34(26-15-20-31(50-2)21-16-26)41(36,40(42)47)28-10-6-4-7-11-28/h4-24,36-37H,1-3H3/t36-,37-,41+,42+/m0/s1. The second-order valence-corrected chi connectivity index (χ2v) is 13.1. The molecule has 1 aliphatic heterocycles. The number of carbonyl (C=O) groups excluding carboxylic acids is 3. The number of nitro benzene ring substituents is 1. The van der Waals surface area contributed by atoms with Crippen LogP contribution in [0, 0.1) is 28.9 Å². The van der Waals surface area contributed by atoms with Gasteiger partial charge in [0.1, 0.15) is 11.5 Å². The molecule has 3 aliphatic rings. The highest BCUT2D eigenvalue weighted by atomic mass is 16.6. The second-order valence-electron chi connectivity index (χ2n) is 13.1. The number of methoxy groups -OCH3 is 2. The number of aryl methyl sites for hydroxylation is 1. The zero-order chi connectivity index (χ0) is 35.7. The first-order valence-electron chi connectivity index (χ1n) is 16.5. The zero-order valence-electron chi connectivity index (χ0n) is 28.0. The van der Waals surface area contributed by atoms with Gasteiger partial charge in [-0.25, -0.2) is 4.90 Å². The number of carbonyl (C=O) groups is 3. The Hall–Kier alpha value is -6.35. The lowest BCUT2D eigenvalue weighted by atomic mass is 9.59. The maximum atomic E-state index is 16.1. The molecule has 9 heteroatoms. The van der Waals surface area contributed by atoms with Crippen molar-refractivity contribution in [3.8, 4) is 11.5 Å². The van der Waals surface area contributed by atoms with Gasteiger partial charge in [-0.05, 0) is 70.2 Å². The van der Waals surface area contributed by atoms with Gasteiger partial charge in [0.05, 0.1) is 47.5 Å². The van der Waals surface area contributed by atoms with Crippen LogP contribution in [-0.4, -0.2) is 36.7 Å². The summed E-state index contributed by atoms with van der Waals surface area (Å²) in [6.45, 7) is 1.71. The summed E-state index contributed by atoms with van der Waals surface area (Å²) in [5.41, 5.74) is 0.937. The number of anilines is 1. The number of ketones is 1. The summed E-state index contributed by atoms with van der Waals surface area (Å²) in [4.78, 5) is 59.0. The van der Waals surface area contributed by atoms with E-state index >= 15 is 14.4 Å². The van der Waals surface area contributed by atoms with Crippen LogP contribution in [0.1, 0.15) is 27.8 Å². The molecule has 0 unspecified atom stereocenters. The van der Waals surface area contributed by atoms with Gasteiger partial charge in [0.25, 0.3) is 5.69 Å². The summed E-state index contributed by atoms with van der Waals surface area (Å²) in [6, 6.07) is 37.3. The Balaban J connectivity index is 1.53. The predicted octanol–water partition coefficient (Wildman–Crippen LogP) is 7.11. The van der Waals surface area contributed by atoms with Crippen molar-refractivity contribution in [2.75, 3.05) is 19.1 Å². The average Bonchev–Trinajstić information content (AvgIpc) is 3.67. The number of ether oxygens (including phenoxy) is 2. The molecule has 1 saturated heterocycles. The fourth-order valence-corrected chi connectivity index (χ4v) is 8.83. The van der Waals surface area contributed by atoms with Gasteiger partial charge in [0.15, 0.2) is 5.78 Å². The number of hydrogen-bond acceptors (Lipinski definition) is 7. The van der Waals surface area contributed by atoms with E-state index in [1.54, 1.807) is 21.1 Å². The van der Waals surface area contributed by atoms with Gasteiger partial charge in [-0.3, -0.25) is 24.5 Å². The normalized spacial score (nSPS) is 23.5. The number of allylic oxidation sites excluding steroid dienone is 2. The number of non-ortho nitro benzene ring substituents is 1. The quantitative estimate of drug-likeness (QED) is 0.0977. The number of Topliss-reactive ketones (excluding diaryl/α,β-unsaturated/α-hetero) is 1. The number of nitrogens with zero attached hydrogens (tertiary/aromatic N) is 2. The molecule has 9 nitrogen and oxygen atoms in total. The van der Waals surface area contributed by atoms with E-state index in [1.165, 1.54) is 18.2 Å². The first-order chi connectivity index (χ1) is 24.7. The van der Waals surface area contributed by atoms with Gasteiger partial charge in [-0.15, -0.1) is 0 Å². The first-order valence-corrected chi connectivity index (χ1v) is 16.5. The van der Waals surface area contributed by atoms with Crippen LogP contribution < -0.4 is 14.4 Å². The number of rotatable bonds is 8. The SMILES string of the molecule is COc1ccc(C2=C(c3ccc(OC)cc3)[C@@]3(c4ccccc4)C(=O)[C@@]2(c2ccccc2)[C@@H]2C(=O)N(c4cc([N+](=O)[O-])ccc4C)C(=O)[C@H]23)cc1. The molecule has 0 spiro atoms. The summed E-state index contributed by atoms with van der Waals surface area (Å²) < 4.78 is 11.0. The molecule has 2 bridgehead atoms. The number of benzene rings is 5. The molecular formula is C42H32N2O7. The van der Waals surface area contributed by atoms with Crippen LogP contribution in [0.25, 0.3) is 11.1 Å². The highest BCUT2D eigenvalue weighted by molar-refractivity contribution is 6.39. The molecule has 51 heavy (non-hydrogen) atoms. The molecule has 252 valence electrons. The smallest absolute Gasteiger partial charge is 0.271 e. The molecule has 5 aromatic rings. The summed E-state index contributed by atoms with van der Waals surface area (Å²) in [5.74, 6) is -2.54. The van der Waals surface area contributed by atoms with E-state index in [-0.39, 0.29) is 17.2 Å². The fourth-order valence-electron chi connectivity index (χ4n) is 8.83. The summed E-state index contributed by atoms with van der Waals surface area (Å²) in [5, 5.41) is 11.9. The number of amides is 2. The van der Waals surface area contributed by atoms with Gasteiger partial charge in [-0.1, -0.05) is 91.0 Å². The molecular weight excluding hydrogens is 644 g/mol. The molecule has 0 N–H and O–H groups in total. The van der Waals surface area contributed by atoms with Gasteiger partial charge in [0, 0.05) is 12.1 Å². The minimum atomic E-state index is -1.62. The van der Waals surface area contributed by atoms with Crippen molar-refractivity contribution >= 4 is 40.1 Å². The molecule has 8 rings (SSSR count). The van der Waals surface area contributed by atoms with E-state index in [4.69, 9.17) is 9.47 Å². The van der Waals surface area contributed by atoms with E-state index in [0.29, 0.717) is 50.5 Å². The molecule has 2 aliphatic carbocycles. The molecule has 5 aromatic carbocycles. The fraction of sp³-hybridized carbons (Fsp3) is 0.167. The topological polar surface area (TPSA) is 116 Å². The van der Waals surface area contributed by atoms with E-state index in [9.17, 15) is 10.1 Å². The van der Waals surface area contributed by atoms with Crippen molar-refractivity contribution in [3.63, 3.8) is 0 Å². The lowest BCUT2D eigenvalue weighted by Gasteiger charge is -2.39. The maximum absolute atomic E-state index is 16.1. The third kappa shape index (κ3) is 4.18. The third-order valence-electron chi connectivity index (χ3n) is 10.9. The van der Waals surface area contributed by atoms with Gasteiger partial charge >= 0.3 is 0 Å². The molecule has 1 saturated carbocycles. The molecule has 1 heterocycles. The molecule has 0 aromatic heterocycles. The second kappa shape index (κ2) is 11.6. The van der Waals surface area contributed by atoms with Crippen molar-refractivity contribution in [1.29, 1.82) is 0 Å². The Labute approximate surface area is 293 Å². The molecule has 2 amide bonds. The van der Waals surface area contributed by atoms with Crippen LogP contribution in [0.15, 0.2) is 127 Å². The summed E-state index contributed by atoms with van der Waals surface area (Å²) in [6.07, 6.45) is 0. The maximum Gasteiger partial charge on any atom is 0.271 e. The first kappa shape index (κ1) is 31.9. The minimum Gasteiger partial charge on any atom is -0.497 e. The zero-order valence-corrected chi connectivity index (χ0v) is 28.0. The van der Waals surface area contributed by atoms with Crippen molar-refractivity contribution in [2.45, 2.75) is 17.8 Å². The number of fused-ring (bicyclic) bond motifs is 5. The molecule has 4 atom stereocenters. The van der Waals surface area contributed by atoms with Crippen LogP contribution in [0.3, 0.4) is 0 Å². The van der Waals surface area contributed by atoms with E-state index in [1.807, 2.05) is 109 Å². The van der Waals surface area contributed by atoms with E-state index < -0.39 is 39.4 Å². The average molecular weight is 677 g/mol. The molecule has 0 radical (unpaired) electrons. The number of imide groups is 1. The number of hydrogen-bond donors (Lipinski definition) is 0.